The number of guanidine groups is 1. The number of aryl methyl sites for hydroxylation is 3. The van der Waals surface area contributed by atoms with Crippen LogP contribution in [0, 0.1) is 13.8 Å². The number of nitrogens with zero attached hydrogens (tertiary/aromatic N) is 3. The van der Waals surface area contributed by atoms with Gasteiger partial charge in [-0.15, -0.1) is 24.0 Å². The van der Waals surface area contributed by atoms with Gasteiger partial charge in [0.1, 0.15) is 11.9 Å². The fourth-order valence-corrected chi connectivity index (χ4v) is 2.31. The molecule has 0 spiro atoms. The summed E-state index contributed by atoms with van der Waals surface area (Å²) in [6.07, 6.45) is 1.66. The number of aromatic nitrogens is 2. The van der Waals surface area contributed by atoms with Gasteiger partial charge < -0.3 is 19.9 Å². The van der Waals surface area contributed by atoms with Crippen molar-refractivity contribution < 1.29 is 9.26 Å². The zero-order valence-electron chi connectivity index (χ0n) is 15.8. The number of hydrogen-bond acceptors (Lipinski definition) is 5. The SMILES string of the molecule is CN=C(NCCCc1nc(C)no1)NCC(C)Oc1cccc(C)c1.I. The fraction of sp³-hybridized carbons (Fsp3) is 0.500. The lowest BCUT2D eigenvalue weighted by Crippen LogP contribution is -2.42. The number of rotatable bonds is 8. The van der Waals surface area contributed by atoms with E-state index in [9.17, 15) is 0 Å². The predicted molar refractivity (Wildman–Crippen MR) is 113 cm³/mol. The Morgan fingerprint density at radius 1 is 1.31 bits per heavy atom. The van der Waals surface area contributed by atoms with Crippen LogP contribution in [0.25, 0.3) is 0 Å². The van der Waals surface area contributed by atoms with Crippen LogP contribution in [0.5, 0.6) is 5.75 Å². The predicted octanol–water partition coefficient (Wildman–Crippen LogP) is 2.87. The van der Waals surface area contributed by atoms with Crippen LogP contribution in [0.3, 0.4) is 0 Å². The summed E-state index contributed by atoms with van der Waals surface area (Å²) in [6.45, 7) is 7.33. The molecular formula is C18H28IN5O2. The number of aliphatic imine (C=N–C) groups is 1. The molecule has 0 saturated heterocycles. The molecule has 0 fully saturated rings. The lowest BCUT2D eigenvalue weighted by molar-refractivity contribution is 0.223. The van der Waals surface area contributed by atoms with Crippen molar-refractivity contribution in [1.82, 2.24) is 20.8 Å². The van der Waals surface area contributed by atoms with Gasteiger partial charge in [0, 0.05) is 20.0 Å². The third kappa shape index (κ3) is 8.03. The number of ether oxygens (including phenoxy) is 1. The van der Waals surface area contributed by atoms with E-state index in [1.54, 1.807) is 7.05 Å². The maximum Gasteiger partial charge on any atom is 0.226 e. The van der Waals surface area contributed by atoms with Gasteiger partial charge in [-0.3, -0.25) is 4.99 Å². The largest absolute Gasteiger partial charge is 0.489 e. The van der Waals surface area contributed by atoms with Crippen LogP contribution in [0.15, 0.2) is 33.8 Å². The Kier molecular flexibility index (Phi) is 10.0. The van der Waals surface area contributed by atoms with Gasteiger partial charge in [-0.25, -0.2) is 0 Å². The summed E-state index contributed by atoms with van der Waals surface area (Å²) >= 11 is 0. The molecule has 0 radical (unpaired) electrons. The molecular weight excluding hydrogens is 445 g/mol. The summed E-state index contributed by atoms with van der Waals surface area (Å²) in [5, 5.41) is 10.3. The van der Waals surface area contributed by atoms with Crippen LogP contribution in [-0.4, -0.2) is 42.3 Å². The van der Waals surface area contributed by atoms with Gasteiger partial charge in [0.15, 0.2) is 11.8 Å². The molecule has 1 unspecified atom stereocenters. The molecule has 0 saturated carbocycles. The molecule has 2 N–H and O–H groups in total. The number of nitrogens with one attached hydrogen (secondary N) is 2. The third-order valence-corrected chi connectivity index (χ3v) is 3.54. The van der Waals surface area contributed by atoms with Crippen LogP contribution < -0.4 is 15.4 Å². The van der Waals surface area contributed by atoms with Gasteiger partial charge in [0.2, 0.25) is 5.89 Å². The van der Waals surface area contributed by atoms with E-state index in [0.29, 0.717) is 18.3 Å². The summed E-state index contributed by atoms with van der Waals surface area (Å²) in [6, 6.07) is 8.05. The minimum Gasteiger partial charge on any atom is -0.489 e. The van der Waals surface area contributed by atoms with Crippen LogP contribution in [0.4, 0.5) is 0 Å². The zero-order valence-corrected chi connectivity index (χ0v) is 18.1. The summed E-state index contributed by atoms with van der Waals surface area (Å²) in [7, 11) is 1.75. The second-order valence-corrected chi connectivity index (χ2v) is 5.96. The standard InChI is InChI=1S/C18H27N5O2.HI/c1-13-7-5-8-16(11-13)24-14(2)12-21-18(19-4)20-10-6-9-17-22-15(3)23-25-17;/h5,7-8,11,14H,6,9-10,12H2,1-4H3,(H2,19,20,21);1H. The van der Waals surface area contributed by atoms with E-state index < -0.39 is 0 Å². The summed E-state index contributed by atoms with van der Waals surface area (Å²) in [5.74, 6) is 2.97. The van der Waals surface area contributed by atoms with Crippen molar-refractivity contribution >= 4 is 29.9 Å². The van der Waals surface area contributed by atoms with Gasteiger partial charge in [-0.05, 0) is 44.9 Å². The minimum atomic E-state index is 0. The van der Waals surface area contributed by atoms with E-state index in [0.717, 1.165) is 31.1 Å². The Bertz CT molecular complexity index is 690. The Labute approximate surface area is 172 Å². The third-order valence-electron chi connectivity index (χ3n) is 3.54. The lowest BCUT2D eigenvalue weighted by atomic mass is 10.2. The zero-order chi connectivity index (χ0) is 18.1. The van der Waals surface area contributed by atoms with Gasteiger partial charge in [0.05, 0.1) is 6.54 Å². The highest BCUT2D eigenvalue weighted by Gasteiger charge is 2.06. The molecule has 2 rings (SSSR count). The first-order chi connectivity index (χ1) is 12.1. The molecule has 7 nitrogen and oxygen atoms in total. The monoisotopic (exact) mass is 473 g/mol. The maximum absolute atomic E-state index is 5.90. The normalized spacial score (nSPS) is 12.2. The van der Waals surface area contributed by atoms with E-state index in [1.807, 2.05) is 32.0 Å². The van der Waals surface area contributed by atoms with Crippen LogP contribution in [0.1, 0.15) is 30.6 Å². The molecule has 0 amide bonds. The molecule has 0 bridgehead atoms. The van der Waals surface area contributed by atoms with Crippen LogP contribution in [0.2, 0.25) is 0 Å². The van der Waals surface area contributed by atoms with Gasteiger partial charge in [0.25, 0.3) is 0 Å². The van der Waals surface area contributed by atoms with E-state index in [4.69, 9.17) is 9.26 Å². The lowest BCUT2D eigenvalue weighted by Gasteiger charge is -2.18. The molecule has 0 aliphatic carbocycles. The highest BCUT2D eigenvalue weighted by molar-refractivity contribution is 14.0. The molecule has 1 aromatic carbocycles. The van der Waals surface area contributed by atoms with Gasteiger partial charge in [-0.1, -0.05) is 17.3 Å². The molecule has 0 aliphatic heterocycles. The first kappa shape index (κ1) is 22.2. The summed E-state index contributed by atoms with van der Waals surface area (Å²) in [4.78, 5) is 8.40. The van der Waals surface area contributed by atoms with Crippen molar-refractivity contribution in [3.05, 3.63) is 41.5 Å². The first-order valence-corrected chi connectivity index (χ1v) is 8.54. The highest BCUT2D eigenvalue weighted by Crippen LogP contribution is 2.13. The van der Waals surface area contributed by atoms with Crippen molar-refractivity contribution in [1.29, 1.82) is 0 Å². The quantitative estimate of drug-likeness (QED) is 0.266. The maximum atomic E-state index is 5.90. The molecule has 26 heavy (non-hydrogen) atoms. The summed E-state index contributed by atoms with van der Waals surface area (Å²) in [5.41, 5.74) is 1.19. The Hall–Kier alpha value is -1.84. The molecule has 2 aromatic rings. The first-order valence-electron chi connectivity index (χ1n) is 8.54. The summed E-state index contributed by atoms with van der Waals surface area (Å²) < 4.78 is 11.0. The van der Waals surface area contributed by atoms with E-state index in [-0.39, 0.29) is 30.1 Å². The molecule has 144 valence electrons. The molecule has 1 aromatic heterocycles. The average molecular weight is 473 g/mol. The Morgan fingerprint density at radius 2 is 2.12 bits per heavy atom. The fourth-order valence-electron chi connectivity index (χ4n) is 2.31. The second kappa shape index (κ2) is 11.7. The number of halogens is 1. The van der Waals surface area contributed by atoms with Crippen molar-refractivity contribution in [2.75, 3.05) is 20.1 Å². The minimum absolute atomic E-state index is 0. The number of hydrogen-bond donors (Lipinski definition) is 2. The molecule has 1 heterocycles. The van der Waals surface area contributed by atoms with Crippen molar-refractivity contribution in [2.24, 2.45) is 4.99 Å². The Morgan fingerprint density at radius 3 is 2.77 bits per heavy atom. The van der Waals surface area contributed by atoms with Crippen molar-refractivity contribution in [3.8, 4) is 5.75 Å². The molecule has 0 aliphatic rings. The Balaban J connectivity index is 0.00000338. The van der Waals surface area contributed by atoms with Gasteiger partial charge >= 0.3 is 0 Å². The highest BCUT2D eigenvalue weighted by atomic mass is 127. The van der Waals surface area contributed by atoms with Crippen LogP contribution in [-0.2, 0) is 6.42 Å². The van der Waals surface area contributed by atoms with E-state index >= 15 is 0 Å². The number of benzene rings is 1. The van der Waals surface area contributed by atoms with Gasteiger partial charge in [-0.2, -0.15) is 4.98 Å². The average Bonchev–Trinajstić information content (AvgIpc) is 2.99. The van der Waals surface area contributed by atoms with Crippen molar-refractivity contribution in [3.63, 3.8) is 0 Å². The van der Waals surface area contributed by atoms with E-state index in [2.05, 4.69) is 38.8 Å². The topological polar surface area (TPSA) is 84.6 Å². The van der Waals surface area contributed by atoms with Crippen LogP contribution >= 0.6 is 24.0 Å². The second-order valence-electron chi connectivity index (χ2n) is 5.96. The van der Waals surface area contributed by atoms with E-state index in [1.165, 1.54) is 5.56 Å². The smallest absolute Gasteiger partial charge is 0.226 e. The molecule has 8 heteroatoms. The molecule has 1 atom stereocenters. The van der Waals surface area contributed by atoms with Crippen molar-refractivity contribution in [2.45, 2.75) is 39.7 Å².